The zero-order valence-electron chi connectivity index (χ0n) is 11.6. The summed E-state index contributed by atoms with van der Waals surface area (Å²) in [5, 5.41) is 9.71. The Balaban J connectivity index is 2.91. The van der Waals surface area contributed by atoms with Gasteiger partial charge < -0.3 is 14.6 Å². The third kappa shape index (κ3) is 3.73. The van der Waals surface area contributed by atoms with Crippen molar-refractivity contribution in [3.8, 4) is 0 Å². The predicted octanol–water partition coefficient (Wildman–Crippen LogP) is 1.49. The third-order valence-corrected chi connectivity index (χ3v) is 2.97. The molecule has 2 unspecified atom stereocenters. The quantitative estimate of drug-likeness (QED) is 0.616. The molecular weight excluding hydrogens is 274 g/mol. The molecule has 0 saturated carbocycles. The third-order valence-electron chi connectivity index (χ3n) is 2.86. The van der Waals surface area contributed by atoms with Crippen LogP contribution in [0.2, 0.25) is 0 Å². The van der Waals surface area contributed by atoms with Crippen molar-refractivity contribution in [1.29, 1.82) is 0 Å². The minimum Gasteiger partial charge on any atom is -0.448 e. The van der Waals surface area contributed by atoms with Crippen molar-refractivity contribution >= 4 is 23.7 Å². The van der Waals surface area contributed by atoms with Crippen LogP contribution in [0.1, 0.15) is 34.1 Å². The molecule has 1 N–H and O–H groups in total. The van der Waals surface area contributed by atoms with Crippen molar-refractivity contribution in [2.24, 2.45) is 0 Å². The Bertz CT molecular complexity index is 368. The number of alkyl halides is 1. The summed E-state index contributed by atoms with van der Waals surface area (Å²) in [6.45, 7) is 6.74. The SMILES string of the molecule is CC(C)(C)OC(=O)N1CC(O)CC1(C)C(=O)OCCl. The molecule has 0 spiro atoms. The number of likely N-dealkylation sites (tertiary alicyclic amines) is 1. The second kappa shape index (κ2) is 5.54. The molecule has 1 aliphatic heterocycles. The van der Waals surface area contributed by atoms with Gasteiger partial charge in [0.25, 0.3) is 0 Å². The van der Waals surface area contributed by atoms with Crippen molar-refractivity contribution in [3.05, 3.63) is 0 Å². The van der Waals surface area contributed by atoms with Crippen LogP contribution in [0.15, 0.2) is 0 Å². The van der Waals surface area contributed by atoms with E-state index in [0.717, 1.165) is 0 Å². The number of aliphatic hydroxyl groups excluding tert-OH is 1. The summed E-state index contributed by atoms with van der Waals surface area (Å²) in [6.07, 6.45) is -1.35. The Kier molecular flexibility index (Phi) is 4.68. The zero-order valence-corrected chi connectivity index (χ0v) is 12.4. The van der Waals surface area contributed by atoms with Gasteiger partial charge in [0.2, 0.25) is 0 Å². The number of hydrogen-bond acceptors (Lipinski definition) is 5. The summed E-state index contributed by atoms with van der Waals surface area (Å²) in [6, 6.07) is -0.299. The number of carbonyl (C=O) groups excluding carboxylic acids is 2. The number of carbonyl (C=O) groups is 2. The summed E-state index contributed by atoms with van der Waals surface area (Å²) in [5.74, 6) is -0.648. The fourth-order valence-electron chi connectivity index (χ4n) is 2.04. The largest absolute Gasteiger partial charge is 0.448 e. The molecule has 0 aromatic rings. The average molecular weight is 294 g/mol. The number of ether oxygens (including phenoxy) is 2. The molecule has 0 aromatic carbocycles. The van der Waals surface area contributed by atoms with Crippen LogP contribution in [0.3, 0.4) is 0 Å². The molecule has 1 aliphatic rings. The van der Waals surface area contributed by atoms with E-state index in [1.807, 2.05) is 0 Å². The van der Waals surface area contributed by atoms with Crippen LogP contribution >= 0.6 is 11.6 Å². The van der Waals surface area contributed by atoms with Crippen LogP contribution in [-0.4, -0.2) is 51.9 Å². The van der Waals surface area contributed by atoms with Gasteiger partial charge in [-0.15, -0.1) is 0 Å². The van der Waals surface area contributed by atoms with Gasteiger partial charge >= 0.3 is 12.1 Å². The number of esters is 1. The number of hydrogen-bond donors (Lipinski definition) is 1. The lowest BCUT2D eigenvalue weighted by atomic mass is 9.98. The Morgan fingerprint density at radius 2 is 2.05 bits per heavy atom. The molecule has 1 amide bonds. The first-order chi connectivity index (χ1) is 8.60. The monoisotopic (exact) mass is 293 g/mol. The summed E-state index contributed by atoms with van der Waals surface area (Å²) in [5.41, 5.74) is -1.93. The molecule has 1 heterocycles. The van der Waals surface area contributed by atoms with Gasteiger partial charge in [-0.1, -0.05) is 11.6 Å². The lowest BCUT2D eigenvalue weighted by Gasteiger charge is -2.33. The predicted molar refractivity (Wildman–Crippen MR) is 68.8 cm³/mol. The zero-order chi connectivity index (χ0) is 14.8. The van der Waals surface area contributed by atoms with E-state index < -0.39 is 29.3 Å². The Labute approximate surface area is 117 Å². The second-order valence-corrected chi connectivity index (χ2v) is 5.98. The van der Waals surface area contributed by atoms with Crippen LogP contribution in [-0.2, 0) is 14.3 Å². The van der Waals surface area contributed by atoms with Gasteiger partial charge in [0.05, 0.1) is 12.6 Å². The number of nitrogens with zero attached hydrogens (tertiary/aromatic N) is 1. The van der Waals surface area contributed by atoms with E-state index in [1.54, 1.807) is 20.8 Å². The molecule has 1 saturated heterocycles. The van der Waals surface area contributed by atoms with Gasteiger partial charge in [0.1, 0.15) is 11.1 Å². The molecule has 1 rings (SSSR count). The number of aliphatic hydroxyl groups is 1. The Morgan fingerprint density at radius 1 is 1.47 bits per heavy atom. The number of β-amino-alcohol motifs (C(OH)–C–C–N with tert-alkyl or cyclic N) is 1. The van der Waals surface area contributed by atoms with Crippen molar-refractivity contribution < 1.29 is 24.2 Å². The van der Waals surface area contributed by atoms with Gasteiger partial charge in [-0.3, -0.25) is 4.90 Å². The first-order valence-electron chi connectivity index (χ1n) is 6.02. The van der Waals surface area contributed by atoms with Gasteiger partial charge in [-0.05, 0) is 27.7 Å². The maximum atomic E-state index is 12.1. The van der Waals surface area contributed by atoms with E-state index in [0.29, 0.717) is 0 Å². The summed E-state index contributed by atoms with van der Waals surface area (Å²) < 4.78 is 9.98. The molecule has 0 bridgehead atoms. The van der Waals surface area contributed by atoms with E-state index in [4.69, 9.17) is 21.1 Å². The van der Waals surface area contributed by atoms with E-state index in [-0.39, 0.29) is 19.0 Å². The van der Waals surface area contributed by atoms with E-state index in [9.17, 15) is 14.7 Å². The lowest BCUT2D eigenvalue weighted by Crippen LogP contribution is -2.52. The highest BCUT2D eigenvalue weighted by Crippen LogP contribution is 2.32. The molecule has 1 fully saturated rings. The molecule has 2 atom stereocenters. The first kappa shape index (κ1) is 16.0. The van der Waals surface area contributed by atoms with Crippen molar-refractivity contribution in [2.75, 3.05) is 12.6 Å². The number of rotatable bonds is 2. The highest BCUT2D eigenvalue weighted by atomic mass is 35.5. The van der Waals surface area contributed by atoms with Crippen molar-refractivity contribution in [1.82, 2.24) is 4.90 Å². The second-order valence-electron chi connectivity index (χ2n) is 5.76. The Hall–Kier alpha value is -1.01. The first-order valence-corrected chi connectivity index (χ1v) is 6.55. The highest BCUT2D eigenvalue weighted by Gasteiger charge is 2.52. The van der Waals surface area contributed by atoms with Gasteiger partial charge in [-0.25, -0.2) is 9.59 Å². The molecule has 0 radical (unpaired) electrons. The fourth-order valence-corrected chi connectivity index (χ4v) is 2.14. The smallest absolute Gasteiger partial charge is 0.411 e. The van der Waals surface area contributed by atoms with Crippen molar-refractivity contribution in [2.45, 2.75) is 51.4 Å². The minimum atomic E-state index is -1.25. The summed E-state index contributed by atoms with van der Waals surface area (Å²) >= 11 is 5.37. The van der Waals surface area contributed by atoms with E-state index in [2.05, 4.69) is 0 Å². The number of halogens is 1. The maximum absolute atomic E-state index is 12.1. The Morgan fingerprint density at radius 3 is 2.53 bits per heavy atom. The van der Waals surface area contributed by atoms with Gasteiger partial charge in [0.15, 0.2) is 6.07 Å². The topological polar surface area (TPSA) is 76.1 Å². The van der Waals surface area contributed by atoms with E-state index >= 15 is 0 Å². The lowest BCUT2D eigenvalue weighted by molar-refractivity contribution is -0.153. The maximum Gasteiger partial charge on any atom is 0.411 e. The molecule has 110 valence electrons. The van der Waals surface area contributed by atoms with E-state index in [1.165, 1.54) is 11.8 Å². The van der Waals surface area contributed by atoms with Crippen LogP contribution < -0.4 is 0 Å². The molecule has 0 aromatic heterocycles. The van der Waals surface area contributed by atoms with Gasteiger partial charge in [-0.2, -0.15) is 0 Å². The van der Waals surface area contributed by atoms with Gasteiger partial charge in [0, 0.05) is 6.42 Å². The normalized spacial score (nSPS) is 27.3. The average Bonchev–Trinajstić information content (AvgIpc) is 2.53. The number of amides is 1. The summed E-state index contributed by atoms with van der Waals surface area (Å²) in [7, 11) is 0. The highest BCUT2D eigenvalue weighted by molar-refractivity contribution is 6.17. The van der Waals surface area contributed by atoms with Crippen LogP contribution in [0.4, 0.5) is 4.79 Å². The fraction of sp³-hybridized carbons (Fsp3) is 0.833. The molecule has 19 heavy (non-hydrogen) atoms. The molecular formula is C12H20ClNO5. The minimum absolute atomic E-state index is 0.0306. The molecule has 7 heteroatoms. The van der Waals surface area contributed by atoms with Crippen LogP contribution in [0.5, 0.6) is 0 Å². The molecule has 0 aliphatic carbocycles. The molecule has 6 nitrogen and oxygen atoms in total. The standard InChI is InChI=1S/C12H20ClNO5/c1-11(2,3)19-10(17)14-6-8(15)5-12(14,4)9(16)18-7-13/h8,15H,5-7H2,1-4H3. The van der Waals surface area contributed by atoms with Crippen LogP contribution in [0, 0.1) is 0 Å². The van der Waals surface area contributed by atoms with Crippen molar-refractivity contribution in [3.63, 3.8) is 0 Å². The van der Waals surface area contributed by atoms with Crippen LogP contribution in [0.25, 0.3) is 0 Å². The summed E-state index contributed by atoms with van der Waals surface area (Å²) in [4.78, 5) is 25.2.